The van der Waals surface area contributed by atoms with Crippen LogP contribution in [0.3, 0.4) is 0 Å². The monoisotopic (exact) mass is 305 g/mol. The molecule has 1 heterocycles. The van der Waals surface area contributed by atoms with Crippen molar-refractivity contribution in [2.75, 3.05) is 13.6 Å². The Hall–Kier alpha value is -2.50. The number of benzene rings is 1. The van der Waals surface area contributed by atoms with Crippen LogP contribution in [0.25, 0.3) is 0 Å². The average molecular weight is 305 g/mol. The second-order valence-corrected chi connectivity index (χ2v) is 4.71. The Bertz CT molecular complexity index is 641. The van der Waals surface area contributed by atoms with Gasteiger partial charge in [0.2, 0.25) is 0 Å². The summed E-state index contributed by atoms with van der Waals surface area (Å²) < 4.78 is 31.9. The minimum Gasteiger partial charge on any atom is -0.485 e. The third-order valence-electron chi connectivity index (χ3n) is 2.94. The van der Waals surface area contributed by atoms with Gasteiger partial charge in [0.1, 0.15) is 18.2 Å². The van der Waals surface area contributed by atoms with Gasteiger partial charge in [-0.1, -0.05) is 0 Å². The zero-order valence-electron chi connectivity index (χ0n) is 12.5. The zero-order valence-corrected chi connectivity index (χ0v) is 12.5. The number of aromatic nitrogens is 1. The molecule has 0 bridgehead atoms. The van der Waals surface area contributed by atoms with Crippen molar-refractivity contribution in [3.63, 3.8) is 0 Å². The number of nitrogens with zero attached hydrogens (tertiary/aromatic N) is 3. The Morgan fingerprint density at radius 3 is 2.68 bits per heavy atom. The van der Waals surface area contributed by atoms with Gasteiger partial charge < -0.3 is 9.64 Å². The third kappa shape index (κ3) is 4.51. The van der Waals surface area contributed by atoms with Crippen LogP contribution in [0.2, 0.25) is 0 Å². The Morgan fingerprint density at radius 1 is 1.27 bits per heavy atom. The number of aliphatic imine (C=N–C) groups is 1. The lowest BCUT2D eigenvalue weighted by molar-refractivity contribution is 0.305. The van der Waals surface area contributed by atoms with Crippen LogP contribution in [0, 0.1) is 11.6 Å². The van der Waals surface area contributed by atoms with E-state index in [1.54, 1.807) is 24.7 Å². The highest BCUT2D eigenvalue weighted by atomic mass is 19.1. The van der Waals surface area contributed by atoms with Crippen LogP contribution in [0.15, 0.2) is 41.5 Å². The van der Waals surface area contributed by atoms with E-state index in [1.165, 1.54) is 12.1 Å². The van der Waals surface area contributed by atoms with Crippen LogP contribution < -0.4 is 4.74 Å². The molecule has 0 unspecified atom stereocenters. The molecule has 0 amide bonds. The van der Waals surface area contributed by atoms with E-state index < -0.39 is 11.6 Å². The van der Waals surface area contributed by atoms with E-state index in [-0.39, 0.29) is 6.61 Å². The first-order valence-corrected chi connectivity index (χ1v) is 6.85. The van der Waals surface area contributed by atoms with Gasteiger partial charge in [-0.2, -0.15) is 0 Å². The van der Waals surface area contributed by atoms with Gasteiger partial charge in [0, 0.05) is 25.9 Å². The Labute approximate surface area is 128 Å². The van der Waals surface area contributed by atoms with Gasteiger partial charge in [0.05, 0.1) is 6.34 Å². The molecule has 0 aliphatic carbocycles. The van der Waals surface area contributed by atoms with Crippen molar-refractivity contribution in [3.8, 4) is 5.75 Å². The Morgan fingerprint density at radius 2 is 2.00 bits per heavy atom. The summed E-state index contributed by atoms with van der Waals surface area (Å²) in [5.74, 6) is -0.396. The van der Waals surface area contributed by atoms with E-state index in [0.717, 1.165) is 12.6 Å². The molecule has 0 atom stereocenters. The molecule has 116 valence electrons. The average Bonchev–Trinajstić information content (AvgIpc) is 2.50. The van der Waals surface area contributed by atoms with Crippen molar-refractivity contribution in [2.45, 2.75) is 13.5 Å². The highest BCUT2D eigenvalue weighted by molar-refractivity contribution is 5.62. The number of halogens is 2. The molecule has 0 radical (unpaired) electrons. The summed E-state index contributed by atoms with van der Waals surface area (Å²) in [4.78, 5) is 10.3. The summed E-state index contributed by atoms with van der Waals surface area (Å²) in [5, 5.41) is 0. The molecule has 0 aliphatic heterocycles. The van der Waals surface area contributed by atoms with Crippen molar-refractivity contribution < 1.29 is 13.5 Å². The maximum absolute atomic E-state index is 13.1. The van der Waals surface area contributed by atoms with Crippen molar-refractivity contribution in [2.24, 2.45) is 4.99 Å². The Balaban J connectivity index is 2.11. The molecular formula is C16H17F2N3O. The molecule has 0 fully saturated rings. The fourth-order valence-electron chi connectivity index (χ4n) is 1.68. The molecule has 0 N–H and O–H groups in total. The molecule has 0 spiro atoms. The number of pyridine rings is 1. The normalized spacial score (nSPS) is 10.9. The maximum Gasteiger partial charge on any atom is 0.196 e. The summed E-state index contributed by atoms with van der Waals surface area (Å²) in [7, 11) is 1.89. The predicted octanol–water partition coefficient (Wildman–Crippen LogP) is 3.55. The molecule has 0 saturated heterocycles. The summed E-state index contributed by atoms with van der Waals surface area (Å²) in [5.41, 5.74) is 0.405. The van der Waals surface area contributed by atoms with Crippen molar-refractivity contribution >= 4 is 12.2 Å². The molecular weight excluding hydrogens is 288 g/mol. The van der Waals surface area contributed by atoms with E-state index in [0.29, 0.717) is 17.1 Å². The standard InChI is InChI=1S/C16H17F2N3O/c1-3-21(2)11-20-16-15(5-4-6-19-16)22-10-12-7-13(17)9-14(18)8-12/h4-9,11H,3,10H2,1-2H3/b20-11-. The van der Waals surface area contributed by atoms with Gasteiger partial charge in [0.25, 0.3) is 0 Å². The van der Waals surface area contributed by atoms with Gasteiger partial charge in [-0.05, 0) is 36.8 Å². The zero-order chi connectivity index (χ0) is 15.9. The van der Waals surface area contributed by atoms with E-state index in [9.17, 15) is 8.78 Å². The van der Waals surface area contributed by atoms with E-state index in [4.69, 9.17) is 4.74 Å². The van der Waals surface area contributed by atoms with Crippen LogP contribution in [0.4, 0.5) is 14.6 Å². The first kappa shape index (κ1) is 15.9. The topological polar surface area (TPSA) is 37.7 Å². The number of ether oxygens (including phenoxy) is 1. The number of hydrogen-bond acceptors (Lipinski definition) is 3. The lowest BCUT2D eigenvalue weighted by Crippen LogP contribution is -2.14. The molecule has 1 aromatic heterocycles. The van der Waals surface area contributed by atoms with Crippen LogP contribution in [-0.4, -0.2) is 29.8 Å². The minimum absolute atomic E-state index is 0.0342. The van der Waals surface area contributed by atoms with Crippen LogP contribution in [0.1, 0.15) is 12.5 Å². The second kappa shape index (κ2) is 7.49. The quantitative estimate of drug-likeness (QED) is 0.605. The predicted molar refractivity (Wildman–Crippen MR) is 81.4 cm³/mol. The summed E-state index contributed by atoms with van der Waals surface area (Å²) in [6.45, 7) is 2.85. The van der Waals surface area contributed by atoms with Crippen LogP contribution in [0.5, 0.6) is 5.75 Å². The molecule has 0 saturated carbocycles. The highest BCUT2D eigenvalue weighted by Gasteiger charge is 2.05. The largest absolute Gasteiger partial charge is 0.485 e. The first-order valence-electron chi connectivity index (χ1n) is 6.85. The molecule has 22 heavy (non-hydrogen) atoms. The third-order valence-corrected chi connectivity index (χ3v) is 2.94. The molecule has 6 heteroatoms. The van der Waals surface area contributed by atoms with Crippen molar-refractivity contribution in [3.05, 3.63) is 53.7 Å². The highest BCUT2D eigenvalue weighted by Crippen LogP contribution is 2.24. The van der Waals surface area contributed by atoms with Crippen molar-refractivity contribution in [1.82, 2.24) is 9.88 Å². The maximum atomic E-state index is 13.1. The van der Waals surface area contributed by atoms with E-state index in [2.05, 4.69) is 9.98 Å². The van der Waals surface area contributed by atoms with Gasteiger partial charge >= 0.3 is 0 Å². The summed E-state index contributed by atoms with van der Waals surface area (Å²) in [6.07, 6.45) is 3.25. The van der Waals surface area contributed by atoms with Crippen LogP contribution in [-0.2, 0) is 6.61 Å². The lowest BCUT2D eigenvalue weighted by atomic mass is 10.2. The molecule has 0 aliphatic rings. The van der Waals surface area contributed by atoms with E-state index in [1.807, 2.05) is 18.9 Å². The number of hydrogen-bond donors (Lipinski definition) is 0. The fraction of sp³-hybridized carbons (Fsp3) is 0.250. The molecule has 2 rings (SSSR count). The molecule has 2 aromatic rings. The van der Waals surface area contributed by atoms with Gasteiger partial charge in [-0.3, -0.25) is 0 Å². The van der Waals surface area contributed by atoms with Gasteiger partial charge in [-0.15, -0.1) is 0 Å². The molecule has 4 nitrogen and oxygen atoms in total. The minimum atomic E-state index is -0.632. The van der Waals surface area contributed by atoms with Crippen molar-refractivity contribution in [1.29, 1.82) is 0 Å². The van der Waals surface area contributed by atoms with Gasteiger partial charge in [0.15, 0.2) is 11.6 Å². The second-order valence-electron chi connectivity index (χ2n) is 4.71. The molecule has 1 aromatic carbocycles. The fourth-order valence-corrected chi connectivity index (χ4v) is 1.68. The first-order chi connectivity index (χ1) is 10.6. The van der Waals surface area contributed by atoms with Gasteiger partial charge in [-0.25, -0.2) is 18.8 Å². The Kier molecular flexibility index (Phi) is 5.41. The van der Waals surface area contributed by atoms with Crippen LogP contribution >= 0.6 is 0 Å². The number of rotatable bonds is 6. The summed E-state index contributed by atoms with van der Waals surface area (Å²) in [6, 6.07) is 6.70. The smallest absolute Gasteiger partial charge is 0.196 e. The lowest BCUT2D eigenvalue weighted by Gasteiger charge is -2.10. The summed E-state index contributed by atoms with van der Waals surface area (Å²) >= 11 is 0. The SMILES string of the molecule is CCN(C)/C=N\c1ncccc1OCc1cc(F)cc(F)c1. The van der Waals surface area contributed by atoms with E-state index >= 15 is 0 Å².